The molecule has 10 heteroatoms. The molecular weight excluding hydrogens is 586 g/mol. The predicted octanol–water partition coefficient (Wildman–Crippen LogP) is 4.95. The highest BCUT2D eigenvalue weighted by molar-refractivity contribution is 8.02. The van der Waals surface area contributed by atoms with Gasteiger partial charge in [0.2, 0.25) is 11.8 Å². The molecule has 3 heterocycles. The van der Waals surface area contributed by atoms with Crippen molar-refractivity contribution < 1.29 is 24.2 Å². The Hall–Kier alpha value is -3.27. The maximum Gasteiger partial charge on any atom is 0.251 e. The van der Waals surface area contributed by atoms with Crippen LogP contribution in [0, 0.1) is 11.8 Å². The minimum Gasteiger partial charge on any atom is -0.494 e. The lowest BCUT2D eigenvalue weighted by Crippen LogP contribution is -2.57. The fourth-order valence-corrected chi connectivity index (χ4v) is 9.27. The Labute approximate surface area is 262 Å². The molecule has 43 heavy (non-hydrogen) atoms. The Bertz CT molecular complexity index is 1390. The fourth-order valence-electron chi connectivity index (χ4n) is 6.96. The zero-order chi connectivity index (χ0) is 30.9. The van der Waals surface area contributed by atoms with Gasteiger partial charge in [-0.1, -0.05) is 23.8 Å². The molecule has 3 aliphatic heterocycles. The third-order valence-electron chi connectivity index (χ3n) is 8.75. The first-order valence-electron chi connectivity index (χ1n) is 14.7. The molecule has 3 aliphatic rings. The Kier molecular flexibility index (Phi) is 9.25. The number of likely N-dealkylation sites (tertiary alicyclic amines) is 1. The third-order valence-corrected chi connectivity index (χ3v) is 11.0. The summed E-state index contributed by atoms with van der Waals surface area (Å²) in [6.07, 6.45) is 4.66. The van der Waals surface area contributed by atoms with Crippen LogP contribution in [0.1, 0.15) is 26.7 Å². The SMILES string of the molecule is C=CCN(C(=O)C1N([C@H](C)CO)C(=O)[C@@H]2[C@@H](C(=O)N(CC=C)c3ccc(OCC)cc3)[C@H]3CCC12S3)c1ccc(Cl)cc1. The maximum atomic E-state index is 14.6. The van der Waals surface area contributed by atoms with Gasteiger partial charge < -0.3 is 24.5 Å². The van der Waals surface area contributed by atoms with E-state index in [0.717, 1.165) is 0 Å². The summed E-state index contributed by atoms with van der Waals surface area (Å²) in [5, 5.41) is 10.7. The molecule has 0 saturated carbocycles. The van der Waals surface area contributed by atoms with Crippen LogP contribution in [-0.4, -0.2) is 76.1 Å². The summed E-state index contributed by atoms with van der Waals surface area (Å²) in [5.74, 6) is -1.28. The smallest absolute Gasteiger partial charge is 0.251 e. The van der Waals surface area contributed by atoms with E-state index in [4.69, 9.17) is 16.3 Å². The molecule has 2 unspecified atom stereocenters. The number of carbonyl (C=O) groups is 3. The second-order valence-corrected chi connectivity index (χ2v) is 13.2. The number of hydrogen-bond donors (Lipinski definition) is 1. The lowest BCUT2D eigenvalue weighted by molar-refractivity contribution is -0.141. The molecular formula is C33H38ClN3O5S. The predicted molar refractivity (Wildman–Crippen MR) is 172 cm³/mol. The van der Waals surface area contributed by atoms with Crippen LogP contribution in [-0.2, 0) is 14.4 Å². The van der Waals surface area contributed by atoms with Gasteiger partial charge in [-0.15, -0.1) is 24.9 Å². The zero-order valence-corrected chi connectivity index (χ0v) is 26.1. The minimum atomic E-state index is -0.853. The van der Waals surface area contributed by atoms with E-state index in [1.54, 1.807) is 69.8 Å². The van der Waals surface area contributed by atoms with Crippen LogP contribution < -0.4 is 14.5 Å². The van der Waals surface area contributed by atoms with Gasteiger partial charge in [-0.25, -0.2) is 0 Å². The average molecular weight is 624 g/mol. The Balaban J connectivity index is 1.54. The van der Waals surface area contributed by atoms with Crippen LogP contribution in [0.4, 0.5) is 11.4 Å². The fraction of sp³-hybridized carbons (Fsp3) is 0.424. The van der Waals surface area contributed by atoms with Crippen molar-refractivity contribution in [1.82, 2.24) is 4.90 Å². The zero-order valence-electron chi connectivity index (χ0n) is 24.5. The van der Waals surface area contributed by atoms with E-state index < -0.39 is 28.7 Å². The molecule has 2 bridgehead atoms. The van der Waals surface area contributed by atoms with Crippen molar-refractivity contribution >= 4 is 52.5 Å². The molecule has 1 spiro atoms. The lowest BCUT2D eigenvalue weighted by atomic mass is 9.70. The average Bonchev–Trinajstić information content (AvgIpc) is 3.66. The molecule has 2 aromatic rings. The second kappa shape index (κ2) is 12.8. The third kappa shape index (κ3) is 5.36. The van der Waals surface area contributed by atoms with Crippen LogP contribution in [0.25, 0.3) is 0 Å². The van der Waals surface area contributed by atoms with Crippen LogP contribution in [0.2, 0.25) is 5.02 Å². The van der Waals surface area contributed by atoms with Crippen LogP contribution in [0.5, 0.6) is 5.75 Å². The number of halogens is 1. The number of ether oxygens (including phenoxy) is 1. The van der Waals surface area contributed by atoms with E-state index in [-0.39, 0.29) is 42.7 Å². The molecule has 0 radical (unpaired) electrons. The first kappa shape index (κ1) is 31.2. The molecule has 8 nitrogen and oxygen atoms in total. The molecule has 1 N–H and O–H groups in total. The molecule has 2 aromatic carbocycles. The quantitative estimate of drug-likeness (QED) is 0.337. The van der Waals surface area contributed by atoms with E-state index in [9.17, 15) is 19.5 Å². The van der Waals surface area contributed by atoms with Gasteiger partial charge in [0.1, 0.15) is 11.8 Å². The van der Waals surface area contributed by atoms with Crippen molar-refractivity contribution in [2.24, 2.45) is 11.8 Å². The van der Waals surface area contributed by atoms with Gasteiger partial charge in [-0.2, -0.15) is 0 Å². The normalized spacial score (nSPS) is 26.1. The number of amides is 3. The summed E-state index contributed by atoms with van der Waals surface area (Å²) in [6.45, 7) is 12.1. The number of nitrogens with zero attached hydrogens (tertiary/aromatic N) is 3. The van der Waals surface area contributed by atoms with E-state index in [0.29, 0.717) is 41.6 Å². The highest BCUT2D eigenvalue weighted by atomic mass is 35.5. The molecule has 6 atom stereocenters. The van der Waals surface area contributed by atoms with Gasteiger partial charge in [-0.05, 0) is 75.2 Å². The molecule has 3 fully saturated rings. The molecule has 3 saturated heterocycles. The number of fused-ring (bicyclic) bond motifs is 1. The topological polar surface area (TPSA) is 90.4 Å². The minimum absolute atomic E-state index is 0.110. The van der Waals surface area contributed by atoms with Gasteiger partial charge in [-0.3, -0.25) is 14.4 Å². The number of aliphatic hydroxyl groups excluding tert-OH is 1. The first-order valence-corrected chi connectivity index (χ1v) is 15.9. The van der Waals surface area contributed by atoms with Gasteiger partial charge in [0, 0.05) is 34.7 Å². The standard InChI is InChI=1S/C33H38ClN3O5S/c1-5-18-35(24-12-14-25(15-13-24)42-7-3)30(39)27-26-16-17-33(43-26)28(27)31(40)37(21(4)20-38)29(33)32(41)36(19-6-2)23-10-8-22(34)9-11-23/h5-6,8-15,21,26-29,38H,1-2,7,16-20H2,3-4H3/t21-,26-,27+,28+,29?,33?/m1/s1. The van der Waals surface area contributed by atoms with Crippen molar-refractivity contribution in [3.05, 3.63) is 78.9 Å². The van der Waals surface area contributed by atoms with E-state index >= 15 is 0 Å². The van der Waals surface area contributed by atoms with E-state index in [1.807, 2.05) is 31.2 Å². The number of thioether (sulfide) groups is 1. The van der Waals surface area contributed by atoms with Crippen molar-refractivity contribution in [3.63, 3.8) is 0 Å². The second-order valence-electron chi connectivity index (χ2n) is 11.2. The Morgan fingerprint density at radius 2 is 1.67 bits per heavy atom. The summed E-state index contributed by atoms with van der Waals surface area (Å²) in [4.78, 5) is 48.2. The summed E-state index contributed by atoms with van der Waals surface area (Å²) in [6, 6.07) is 12.8. The van der Waals surface area contributed by atoms with E-state index in [1.165, 1.54) is 0 Å². The Morgan fingerprint density at radius 1 is 1.09 bits per heavy atom. The van der Waals surface area contributed by atoms with Crippen molar-refractivity contribution in [3.8, 4) is 5.75 Å². The van der Waals surface area contributed by atoms with Gasteiger partial charge >= 0.3 is 0 Å². The monoisotopic (exact) mass is 623 g/mol. The van der Waals surface area contributed by atoms with Crippen molar-refractivity contribution in [1.29, 1.82) is 0 Å². The van der Waals surface area contributed by atoms with Gasteiger partial charge in [0.25, 0.3) is 5.91 Å². The van der Waals surface area contributed by atoms with Gasteiger partial charge in [0.05, 0.1) is 35.8 Å². The molecule has 0 aliphatic carbocycles. The maximum absolute atomic E-state index is 14.6. The highest BCUT2D eigenvalue weighted by Crippen LogP contribution is 2.67. The van der Waals surface area contributed by atoms with E-state index in [2.05, 4.69) is 13.2 Å². The summed E-state index contributed by atoms with van der Waals surface area (Å²) in [5.41, 5.74) is 1.32. The number of rotatable bonds is 12. The lowest BCUT2D eigenvalue weighted by Gasteiger charge is -2.39. The van der Waals surface area contributed by atoms with Crippen LogP contribution in [0.15, 0.2) is 73.8 Å². The number of benzene rings is 2. The van der Waals surface area contributed by atoms with Crippen molar-refractivity contribution in [2.45, 2.75) is 48.8 Å². The highest BCUT2D eigenvalue weighted by Gasteiger charge is 2.74. The number of anilines is 2. The first-order chi connectivity index (χ1) is 20.7. The number of aliphatic hydroxyl groups is 1. The number of hydrogen-bond acceptors (Lipinski definition) is 6. The Morgan fingerprint density at radius 3 is 2.23 bits per heavy atom. The van der Waals surface area contributed by atoms with Gasteiger partial charge in [0.15, 0.2) is 0 Å². The molecule has 3 amide bonds. The molecule has 0 aromatic heterocycles. The molecule has 5 rings (SSSR count). The summed E-state index contributed by atoms with van der Waals surface area (Å²) < 4.78 is 4.78. The summed E-state index contributed by atoms with van der Waals surface area (Å²) in [7, 11) is 0. The number of carbonyl (C=O) groups excluding carboxylic acids is 3. The van der Waals surface area contributed by atoms with Crippen LogP contribution >= 0.6 is 23.4 Å². The molecule has 228 valence electrons. The van der Waals surface area contributed by atoms with Crippen LogP contribution in [0.3, 0.4) is 0 Å². The largest absolute Gasteiger partial charge is 0.494 e. The van der Waals surface area contributed by atoms with Crippen molar-refractivity contribution in [2.75, 3.05) is 36.1 Å². The summed E-state index contributed by atoms with van der Waals surface area (Å²) >= 11 is 7.73.